The predicted molar refractivity (Wildman–Crippen MR) is 116 cm³/mol. The highest BCUT2D eigenvalue weighted by Crippen LogP contribution is 2.19. The van der Waals surface area contributed by atoms with Gasteiger partial charge in [-0.25, -0.2) is 4.79 Å². The van der Waals surface area contributed by atoms with Crippen LogP contribution in [0, 0.1) is 0 Å². The molecule has 2 rings (SSSR count). The highest BCUT2D eigenvalue weighted by Gasteiger charge is 2.31. The molecule has 10 nitrogen and oxygen atoms in total. The Balaban J connectivity index is 2.06. The quantitative estimate of drug-likeness (QED) is 0.222. The molecule has 0 saturated carbocycles. The van der Waals surface area contributed by atoms with Crippen LogP contribution in [0.5, 0.6) is 0 Å². The van der Waals surface area contributed by atoms with Gasteiger partial charge < -0.3 is 37.3 Å². The van der Waals surface area contributed by atoms with Gasteiger partial charge in [0.15, 0.2) is 0 Å². The third-order valence-corrected chi connectivity index (χ3v) is 5.08. The number of unbranched alkanes of at least 4 members (excludes halogenated alkanes) is 1. The summed E-state index contributed by atoms with van der Waals surface area (Å²) in [7, 11) is 0. The molecule has 1 heterocycles. The maximum absolute atomic E-state index is 12.7. The molecule has 1 aromatic carbocycles. The molecule has 10 heteroatoms. The number of carbonyl (C=O) groups is 3. The minimum Gasteiger partial charge on any atom is -0.480 e. The largest absolute Gasteiger partial charge is 0.480 e. The van der Waals surface area contributed by atoms with E-state index in [1.807, 2.05) is 24.3 Å². The van der Waals surface area contributed by atoms with Gasteiger partial charge in [-0.1, -0.05) is 24.6 Å². The number of para-hydroxylation sites is 1. The van der Waals surface area contributed by atoms with Crippen molar-refractivity contribution in [1.82, 2.24) is 15.6 Å². The monoisotopic (exact) mass is 433 g/mol. The summed E-state index contributed by atoms with van der Waals surface area (Å²) in [6.45, 7) is 1.82. The van der Waals surface area contributed by atoms with Crippen LogP contribution in [0.15, 0.2) is 30.5 Å². The van der Waals surface area contributed by atoms with Gasteiger partial charge >= 0.3 is 5.97 Å². The fourth-order valence-corrected chi connectivity index (χ4v) is 3.29. The molecule has 170 valence electrons. The minimum atomic E-state index is -1.34. The van der Waals surface area contributed by atoms with Crippen LogP contribution in [0.25, 0.3) is 10.9 Å². The molecule has 0 saturated heterocycles. The highest BCUT2D eigenvalue weighted by atomic mass is 16.4. The van der Waals surface area contributed by atoms with Crippen molar-refractivity contribution < 1.29 is 24.6 Å². The highest BCUT2D eigenvalue weighted by molar-refractivity contribution is 5.92. The molecule has 0 unspecified atom stereocenters. The number of aromatic nitrogens is 1. The zero-order chi connectivity index (χ0) is 23.0. The van der Waals surface area contributed by atoms with E-state index in [9.17, 15) is 24.6 Å². The van der Waals surface area contributed by atoms with Gasteiger partial charge in [0.2, 0.25) is 11.8 Å². The van der Waals surface area contributed by atoms with Gasteiger partial charge in [-0.3, -0.25) is 9.59 Å². The van der Waals surface area contributed by atoms with Crippen LogP contribution in [0.1, 0.15) is 31.7 Å². The van der Waals surface area contributed by atoms with Crippen molar-refractivity contribution in [2.75, 3.05) is 6.54 Å². The van der Waals surface area contributed by atoms with Crippen LogP contribution in [-0.4, -0.2) is 63.8 Å². The van der Waals surface area contributed by atoms with Gasteiger partial charge in [0.1, 0.15) is 12.1 Å². The first-order chi connectivity index (χ1) is 14.7. The molecule has 1 aromatic heterocycles. The summed E-state index contributed by atoms with van der Waals surface area (Å²) in [5.74, 6) is -2.63. The van der Waals surface area contributed by atoms with Crippen molar-refractivity contribution >= 4 is 28.7 Å². The molecule has 2 amide bonds. The number of hydrogen-bond acceptors (Lipinski definition) is 6. The third kappa shape index (κ3) is 6.78. The van der Waals surface area contributed by atoms with E-state index in [2.05, 4.69) is 15.6 Å². The first-order valence-corrected chi connectivity index (χ1v) is 10.3. The van der Waals surface area contributed by atoms with Crippen molar-refractivity contribution in [2.45, 2.75) is 56.8 Å². The van der Waals surface area contributed by atoms with Crippen LogP contribution in [0.2, 0.25) is 0 Å². The lowest BCUT2D eigenvalue weighted by atomic mass is 10.0. The lowest BCUT2D eigenvalue weighted by Crippen LogP contribution is -2.58. The molecule has 0 aliphatic carbocycles. The molecule has 0 fully saturated rings. The average Bonchev–Trinajstić information content (AvgIpc) is 3.13. The van der Waals surface area contributed by atoms with Crippen LogP contribution in [0.3, 0.4) is 0 Å². The standard InChI is InChI=1S/C21H31N5O5/c1-12(27)18(26-19(28)15(23)7-4-5-9-22)20(29)25-17(21(30)31)10-13-11-24-16-8-3-2-6-14(13)16/h2-3,6,8,11-12,15,17-18,24,27H,4-5,7,9-10,22-23H2,1H3,(H,25,29)(H,26,28)(H,30,31)/t12-,15+,17+,18+/m1/s1. The molecule has 0 bridgehead atoms. The van der Waals surface area contributed by atoms with Crippen molar-refractivity contribution in [3.8, 4) is 0 Å². The molecule has 0 aliphatic rings. The SMILES string of the molecule is C[C@@H](O)[C@H](NC(=O)[C@@H](N)CCCCN)C(=O)N[C@@H](Cc1c[nH]c2ccccc12)C(=O)O. The third-order valence-electron chi connectivity index (χ3n) is 5.08. The predicted octanol–water partition coefficient (Wildman–Crippen LogP) is -0.398. The Kier molecular flexibility index (Phi) is 8.98. The molecule has 4 atom stereocenters. The molecule has 0 spiro atoms. The van der Waals surface area contributed by atoms with Gasteiger partial charge in [-0.15, -0.1) is 0 Å². The Hall–Kier alpha value is -2.95. The van der Waals surface area contributed by atoms with E-state index >= 15 is 0 Å². The summed E-state index contributed by atoms with van der Waals surface area (Å²) in [5.41, 5.74) is 12.8. The second-order valence-electron chi connectivity index (χ2n) is 7.58. The summed E-state index contributed by atoms with van der Waals surface area (Å²) in [6.07, 6.45) is 2.24. The number of carboxylic acids is 1. The summed E-state index contributed by atoms with van der Waals surface area (Å²) < 4.78 is 0. The Labute approximate surface area is 180 Å². The maximum atomic E-state index is 12.7. The molecular formula is C21H31N5O5. The van der Waals surface area contributed by atoms with E-state index in [4.69, 9.17) is 11.5 Å². The van der Waals surface area contributed by atoms with E-state index in [1.54, 1.807) is 6.20 Å². The molecule has 9 N–H and O–H groups in total. The molecule has 0 aliphatic heterocycles. The van der Waals surface area contributed by atoms with Crippen molar-refractivity contribution in [3.05, 3.63) is 36.0 Å². The smallest absolute Gasteiger partial charge is 0.326 e. The Morgan fingerprint density at radius 1 is 1.13 bits per heavy atom. The van der Waals surface area contributed by atoms with Gasteiger partial charge in [0.05, 0.1) is 12.1 Å². The van der Waals surface area contributed by atoms with E-state index in [0.717, 1.165) is 22.9 Å². The number of aliphatic hydroxyl groups excluding tert-OH is 1. The maximum Gasteiger partial charge on any atom is 0.326 e. The first kappa shape index (κ1) is 24.3. The lowest BCUT2D eigenvalue weighted by molar-refractivity contribution is -0.142. The summed E-state index contributed by atoms with van der Waals surface area (Å²) >= 11 is 0. The average molecular weight is 434 g/mol. The number of carboxylic acid groups (broad SMARTS) is 1. The number of nitrogens with one attached hydrogen (secondary N) is 3. The van der Waals surface area contributed by atoms with Gasteiger partial charge in [0, 0.05) is 23.5 Å². The zero-order valence-corrected chi connectivity index (χ0v) is 17.5. The number of amides is 2. The lowest BCUT2D eigenvalue weighted by Gasteiger charge is -2.24. The van der Waals surface area contributed by atoms with E-state index in [0.29, 0.717) is 19.4 Å². The normalized spacial score (nSPS) is 15.1. The topological polar surface area (TPSA) is 184 Å². The van der Waals surface area contributed by atoms with Crippen molar-refractivity contribution in [3.63, 3.8) is 0 Å². The number of fused-ring (bicyclic) bond motifs is 1. The van der Waals surface area contributed by atoms with Crippen molar-refractivity contribution in [1.29, 1.82) is 0 Å². The van der Waals surface area contributed by atoms with Crippen LogP contribution < -0.4 is 22.1 Å². The number of rotatable bonds is 12. The van der Waals surface area contributed by atoms with Gasteiger partial charge in [-0.05, 0) is 37.9 Å². The minimum absolute atomic E-state index is 0.0319. The van der Waals surface area contributed by atoms with E-state index in [1.165, 1.54) is 6.92 Å². The summed E-state index contributed by atoms with van der Waals surface area (Å²) in [5, 5.41) is 25.3. The number of carbonyl (C=O) groups excluding carboxylic acids is 2. The van der Waals surface area contributed by atoms with Crippen LogP contribution in [0.4, 0.5) is 0 Å². The fourth-order valence-electron chi connectivity index (χ4n) is 3.29. The first-order valence-electron chi connectivity index (χ1n) is 10.3. The number of benzene rings is 1. The number of hydrogen-bond donors (Lipinski definition) is 7. The molecular weight excluding hydrogens is 402 g/mol. The number of nitrogens with two attached hydrogens (primary N) is 2. The van der Waals surface area contributed by atoms with E-state index in [-0.39, 0.29) is 6.42 Å². The summed E-state index contributed by atoms with van der Waals surface area (Å²) in [6, 6.07) is 3.97. The Morgan fingerprint density at radius 2 is 1.84 bits per heavy atom. The number of H-pyrrole nitrogens is 1. The Bertz CT molecular complexity index is 897. The molecule has 0 radical (unpaired) electrons. The Morgan fingerprint density at radius 3 is 2.48 bits per heavy atom. The molecule has 2 aromatic rings. The van der Waals surface area contributed by atoms with Crippen LogP contribution >= 0.6 is 0 Å². The van der Waals surface area contributed by atoms with E-state index < -0.39 is 42.0 Å². The van der Waals surface area contributed by atoms with Gasteiger partial charge in [-0.2, -0.15) is 0 Å². The number of aromatic amines is 1. The fraction of sp³-hybridized carbons (Fsp3) is 0.476. The summed E-state index contributed by atoms with van der Waals surface area (Å²) in [4.78, 5) is 39.8. The number of aliphatic hydroxyl groups is 1. The second-order valence-corrected chi connectivity index (χ2v) is 7.58. The molecule has 31 heavy (non-hydrogen) atoms. The van der Waals surface area contributed by atoms with Crippen molar-refractivity contribution in [2.24, 2.45) is 11.5 Å². The van der Waals surface area contributed by atoms with Crippen LogP contribution in [-0.2, 0) is 20.8 Å². The zero-order valence-electron chi connectivity index (χ0n) is 17.5. The number of aliphatic carboxylic acids is 1. The van der Waals surface area contributed by atoms with Gasteiger partial charge in [0.25, 0.3) is 0 Å². The second kappa shape index (κ2) is 11.4.